The SMILES string of the molecule is CCC1CCCCCN1CC(O)c1ccccc1. The van der Waals surface area contributed by atoms with Crippen molar-refractivity contribution < 1.29 is 5.11 Å². The highest BCUT2D eigenvalue weighted by atomic mass is 16.3. The smallest absolute Gasteiger partial charge is 0.0917 e. The summed E-state index contributed by atoms with van der Waals surface area (Å²) in [6, 6.07) is 10.7. The van der Waals surface area contributed by atoms with E-state index >= 15 is 0 Å². The van der Waals surface area contributed by atoms with Gasteiger partial charge in [0.15, 0.2) is 0 Å². The average Bonchev–Trinajstić information content (AvgIpc) is 2.64. The van der Waals surface area contributed by atoms with Crippen LogP contribution in [0.25, 0.3) is 0 Å². The molecule has 1 aliphatic rings. The van der Waals surface area contributed by atoms with Gasteiger partial charge >= 0.3 is 0 Å². The van der Waals surface area contributed by atoms with Gasteiger partial charge in [-0.3, -0.25) is 4.90 Å². The van der Waals surface area contributed by atoms with Gasteiger partial charge in [0.25, 0.3) is 0 Å². The van der Waals surface area contributed by atoms with Gasteiger partial charge in [-0.15, -0.1) is 0 Å². The van der Waals surface area contributed by atoms with Gasteiger partial charge in [0.05, 0.1) is 6.10 Å². The van der Waals surface area contributed by atoms with Crippen LogP contribution in [-0.2, 0) is 0 Å². The molecule has 0 radical (unpaired) electrons. The van der Waals surface area contributed by atoms with E-state index in [1.807, 2.05) is 30.3 Å². The summed E-state index contributed by atoms with van der Waals surface area (Å²) < 4.78 is 0. The van der Waals surface area contributed by atoms with E-state index in [9.17, 15) is 5.11 Å². The summed E-state index contributed by atoms with van der Waals surface area (Å²) in [5.41, 5.74) is 1.04. The van der Waals surface area contributed by atoms with E-state index in [2.05, 4.69) is 11.8 Å². The lowest BCUT2D eigenvalue weighted by molar-refractivity contribution is 0.0865. The van der Waals surface area contributed by atoms with Crippen LogP contribution in [0.1, 0.15) is 50.7 Å². The quantitative estimate of drug-likeness (QED) is 0.881. The first-order valence-corrected chi connectivity index (χ1v) is 7.28. The van der Waals surface area contributed by atoms with Crippen molar-refractivity contribution in [2.45, 2.75) is 51.2 Å². The molecule has 0 aliphatic carbocycles. The Morgan fingerprint density at radius 2 is 2.00 bits per heavy atom. The molecule has 1 saturated heterocycles. The van der Waals surface area contributed by atoms with Gasteiger partial charge in [0.1, 0.15) is 0 Å². The Kier molecular flexibility index (Phi) is 5.21. The van der Waals surface area contributed by atoms with Crippen LogP contribution >= 0.6 is 0 Å². The number of β-amino-alcohol motifs (C(OH)–C–C–N with tert-alkyl or cyclic N) is 1. The fourth-order valence-electron chi connectivity index (χ4n) is 2.94. The Bertz CT molecular complexity index is 338. The molecule has 18 heavy (non-hydrogen) atoms. The van der Waals surface area contributed by atoms with E-state index in [0.717, 1.165) is 18.7 Å². The Balaban J connectivity index is 1.98. The van der Waals surface area contributed by atoms with E-state index in [4.69, 9.17) is 0 Å². The lowest BCUT2D eigenvalue weighted by atomic mass is 10.1. The number of rotatable bonds is 4. The predicted molar refractivity (Wildman–Crippen MR) is 75.5 cm³/mol. The summed E-state index contributed by atoms with van der Waals surface area (Å²) in [6.45, 7) is 4.18. The van der Waals surface area contributed by atoms with Crippen LogP contribution in [0.3, 0.4) is 0 Å². The normalized spacial score (nSPS) is 23.6. The summed E-state index contributed by atoms with van der Waals surface area (Å²) in [4.78, 5) is 2.49. The fraction of sp³-hybridized carbons (Fsp3) is 0.625. The molecule has 1 aromatic rings. The predicted octanol–water partition coefficient (Wildman–Crippen LogP) is 3.37. The second kappa shape index (κ2) is 6.91. The molecule has 2 atom stereocenters. The summed E-state index contributed by atoms with van der Waals surface area (Å²) in [6.07, 6.45) is 6.10. The molecular formula is C16H25NO. The maximum atomic E-state index is 10.3. The second-order valence-electron chi connectivity index (χ2n) is 5.33. The van der Waals surface area contributed by atoms with Gasteiger partial charge in [-0.1, -0.05) is 50.1 Å². The monoisotopic (exact) mass is 247 g/mol. The first-order chi connectivity index (χ1) is 8.81. The molecule has 1 aliphatic heterocycles. The van der Waals surface area contributed by atoms with Crippen LogP contribution in [-0.4, -0.2) is 29.1 Å². The third-order valence-electron chi connectivity index (χ3n) is 4.06. The zero-order valence-corrected chi connectivity index (χ0v) is 11.4. The number of nitrogens with zero attached hydrogens (tertiary/aromatic N) is 1. The maximum absolute atomic E-state index is 10.3. The number of likely N-dealkylation sites (tertiary alicyclic amines) is 1. The van der Waals surface area contributed by atoms with Crippen LogP contribution < -0.4 is 0 Å². The van der Waals surface area contributed by atoms with Crippen molar-refractivity contribution in [3.05, 3.63) is 35.9 Å². The third-order valence-corrected chi connectivity index (χ3v) is 4.06. The van der Waals surface area contributed by atoms with Crippen molar-refractivity contribution in [2.75, 3.05) is 13.1 Å². The highest BCUT2D eigenvalue weighted by Crippen LogP contribution is 2.22. The summed E-state index contributed by atoms with van der Waals surface area (Å²) in [7, 11) is 0. The van der Waals surface area contributed by atoms with Crippen molar-refractivity contribution in [1.82, 2.24) is 4.90 Å². The van der Waals surface area contributed by atoms with Crippen LogP contribution in [0.2, 0.25) is 0 Å². The third kappa shape index (κ3) is 3.56. The van der Waals surface area contributed by atoms with Crippen LogP contribution in [0.15, 0.2) is 30.3 Å². The van der Waals surface area contributed by atoms with Gasteiger partial charge < -0.3 is 5.11 Å². The number of hydrogen-bond acceptors (Lipinski definition) is 2. The molecule has 2 nitrogen and oxygen atoms in total. The molecule has 0 spiro atoms. The highest BCUT2D eigenvalue weighted by molar-refractivity contribution is 5.17. The molecule has 1 N–H and O–H groups in total. The Hall–Kier alpha value is -0.860. The second-order valence-corrected chi connectivity index (χ2v) is 5.33. The molecule has 0 amide bonds. The number of aliphatic hydroxyl groups is 1. The minimum absolute atomic E-state index is 0.349. The molecule has 1 fully saturated rings. The van der Waals surface area contributed by atoms with E-state index in [-0.39, 0.29) is 6.10 Å². The van der Waals surface area contributed by atoms with E-state index in [1.54, 1.807) is 0 Å². The highest BCUT2D eigenvalue weighted by Gasteiger charge is 2.22. The molecule has 0 saturated carbocycles. The summed E-state index contributed by atoms with van der Waals surface area (Å²) in [5.74, 6) is 0. The minimum atomic E-state index is -0.349. The van der Waals surface area contributed by atoms with Crippen LogP contribution in [0, 0.1) is 0 Å². The maximum Gasteiger partial charge on any atom is 0.0917 e. The molecule has 100 valence electrons. The van der Waals surface area contributed by atoms with Crippen molar-refractivity contribution >= 4 is 0 Å². The van der Waals surface area contributed by atoms with Crippen molar-refractivity contribution in [3.63, 3.8) is 0 Å². The summed E-state index contributed by atoms with van der Waals surface area (Å²) >= 11 is 0. The molecule has 0 aromatic heterocycles. The van der Waals surface area contributed by atoms with Crippen LogP contribution in [0.4, 0.5) is 0 Å². The fourth-order valence-corrected chi connectivity index (χ4v) is 2.94. The average molecular weight is 247 g/mol. The van der Waals surface area contributed by atoms with Crippen LogP contribution in [0.5, 0.6) is 0 Å². The minimum Gasteiger partial charge on any atom is -0.387 e. The molecule has 0 bridgehead atoms. The van der Waals surface area contributed by atoms with Crippen molar-refractivity contribution in [3.8, 4) is 0 Å². The number of benzene rings is 1. The summed E-state index contributed by atoms with van der Waals surface area (Å²) in [5, 5.41) is 10.3. The van der Waals surface area contributed by atoms with Gasteiger partial charge in [-0.25, -0.2) is 0 Å². The van der Waals surface area contributed by atoms with Gasteiger partial charge in [0.2, 0.25) is 0 Å². The zero-order chi connectivity index (χ0) is 12.8. The van der Waals surface area contributed by atoms with Crippen molar-refractivity contribution in [2.24, 2.45) is 0 Å². The Morgan fingerprint density at radius 3 is 2.72 bits per heavy atom. The van der Waals surface area contributed by atoms with Gasteiger partial charge in [-0.05, 0) is 31.4 Å². The zero-order valence-electron chi connectivity index (χ0n) is 11.4. The van der Waals surface area contributed by atoms with E-state index in [0.29, 0.717) is 6.04 Å². The van der Waals surface area contributed by atoms with E-state index in [1.165, 1.54) is 32.1 Å². The first-order valence-electron chi connectivity index (χ1n) is 7.28. The Labute approximate surface area is 111 Å². The molecular weight excluding hydrogens is 222 g/mol. The van der Waals surface area contributed by atoms with Gasteiger partial charge in [0, 0.05) is 12.6 Å². The lowest BCUT2D eigenvalue weighted by Crippen LogP contribution is -2.37. The number of aliphatic hydroxyl groups excluding tert-OH is 1. The standard InChI is InChI=1S/C16H25NO/c1-2-15-11-7-4-8-12-17(15)13-16(18)14-9-5-3-6-10-14/h3,5-6,9-10,15-16,18H,2,4,7-8,11-13H2,1H3. The van der Waals surface area contributed by atoms with Crippen molar-refractivity contribution in [1.29, 1.82) is 0 Å². The van der Waals surface area contributed by atoms with E-state index < -0.39 is 0 Å². The molecule has 2 unspecified atom stereocenters. The largest absolute Gasteiger partial charge is 0.387 e. The molecule has 2 heteroatoms. The molecule has 1 aromatic carbocycles. The Morgan fingerprint density at radius 1 is 1.22 bits per heavy atom. The molecule has 1 heterocycles. The molecule has 2 rings (SSSR count). The lowest BCUT2D eigenvalue weighted by Gasteiger charge is -2.31. The first kappa shape index (κ1) is 13.6. The number of hydrogen-bond donors (Lipinski definition) is 1. The topological polar surface area (TPSA) is 23.5 Å². The van der Waals surface area contributed by atoms with Gasteiger partial charge in [-0.2, -0.15) is 0 Å².